The minimum Gasteiger partial charge on any atom is -0.397 e. The van der Waals surface area contributed by atoms with Gasteiger partial charge in [-0.15, -0.1) is 0 Å². The summed E-state index contributed by atoms with van der Waals surface area (Å²) in [7, 11) is 0. The van der Waals surface area contributed by atoms with E-state index in [4.69, 9.17) is 5.73 Å². The van der Waals surface area contributed by atoms with E-state index >= 15 is 0 Å². The molecule has 1 heterocycles. The molecule has 28 heavy (non-hydrogen) atoms. The van der Waals surface area contributed by atoms with Crippen LogP contribution in [0.1, 0.15) is 24.8 Å². The number of nitrogens with one attached hydrogen (secondary N) is 1. The highest BCUT2D eigenvalue weighted by Gasteiger charge is 2.33. The minimum absolute atomic E-state index is 0.0615. The molecule has 1 aliphatic rings. The first kappa shape index (κ1) is 19.3. The van der Waals surface area contributed by atoms with Crippen molar-refractivity contribution in [3.8, 4) is 0 Å². The normalized spacial score (nSPS) is 15.3. The van der Waals surface area contributed by atoms with Gasteiger partial charge in [-0.3, -0.25) is 19.3 Å². The van der Waals surface area contributed by atoms with E-state index < -0.39 is 5.82 Å². The van der Waals surface area contributed by atoms with E-state index in [2.05, 4.69) is 5.32 Å². The van der Waals surface area contributed by atoms with E-state index in [0.29, 0.717) is 17.7 Å². The van der Waals surface area contributed by atoms with Gasteiger partial charge in [0.1, 0.15) is 5.82 Å². The molecule has 144 valence electrons. The second-order valence-corrected chi connectivity index (χ2v) is 6.49. The third-order valence-electron chi connectivity index (χ3n) is 4.38. The molecule has 3 rings (SSSR count). The number of anilines is 2. The minimum atomic E-state index is -0.485. The maximum absolute atomic E-state index is 13.0. The summed E-state index contributed by atoms with van der Waals surface area (Å²) in [5.41, 5.74) is 7.42. The van der Waals surface area contributed by atoms with Crippen molar-refractivity contribution in [2.24, 2.45) is 0 Å². The number of carbonyl (C=O) groups is 3. The third kappa shape index (κ3) is 4.62. The van der Waals surface area contributed by atoms with Crippen molar-refractivity contribution < 1.29 is 18.8 Å². The molecule has 0 unspecified atom stereocenters. The molecule has 3 amide bonds. The quantitative estimate of drug-likeness (QED) is 0.457. The number of nitrogens with zero attached hydrogens (tertiary/aromatic N) is 1. The van der Waals surface area contributed by atoms with Crippen LogP contribution < -0.4 is 11.1 Å². The Labute approximate surface area is 161 Å². The van der Waals surface area contributed by atoms with E-state index in [1.807, 2.05) is 30.3 Å². The molecule has 0 atom stereocenters. The Kier molecular flexibility index (Phi) is 5.84. The maximum atomic E-state index is 13.0. The zero-order valence-corrected chi connectivity index (χ0v) is 15.2. The fraction of sp³-hybridized carbons (Fsp3) is 0.190. The summed E-state index contributed by atoms with van der Waals surface area (Å²) < 4.78 is 13.0. The molecule has 1 saturated heterocycles. The van der Waals surface area contributed by atoms with Crippen molar-refractivity contribution in [1.82, 2.24) is 4.90 Å². The average Bonchev–Trinajstić information content (AvgIpc) is 2.92. The van der Waals surface area contributed by atoms with Crippen LogP contribution in [0.4, 0.5) is 15.8 Å². The van der Waals surface area contributed by atoms with Gasteiger partial charge in [0.05, 0.1) is 17.8 Å². The number of nitrogens with two attached hydrogens (primary N) is 1. The van der Waals surface area contributed by atoms with Gasteiger partial charge >= 0.3 is 0 Å². The van der Waals surface area contributed by atoms with Gasteiger partial charge in [0.15, 0.2) is 0 Å². The molecule has 0 radical (unpaired) electrons. The second kappa shape index (κ2) is 8.47. The topological polar surface area (TPSA) is 92.5 Å². The number of carbonyl (C=O) groups excluding carboxylic acids is 3. The molecule has 0 bridgehead atoms. The first-order valence-corrected chi connectivity index (χ1v) is 8.89. The highest BCUT2D eigenvalue weighted by molar-refractivity contribution is 6.15. The van der Waals surface area contributed by atoms with Crippen LogP contribution in [-0.2, 0) is 14.4 Å². The van der Waals surface area contributed by atoms with Crippen molar-refractivity contribution in [2.45, 2.75) is 19.3 Å². The lowest BCUT2D eigenvalue weighted by Crippen LogP contribution is -2.31. The Bertz CT molecular complexity index is 941. The number of imide groups is 1. The standard InChI is InChI=1S/C21H20FN3O3/c22-16-8-9-18(17(23)13-16)24-19(26)7-4-10-25-20(27)12-15(21(25)28)11-14-5-2-1-3-6-14/h1-3,5-6,8-9,11,13H,4,7,10,12,23H2,(H,24,26)/b15-11+. The van der Waals surface area contributed by atoms with Crippen LogP contribution >= 0.6 is 0 Å². The third-order valence-corrected chi connectivity index (χ3v) is 4.38. The van der Waals surface area contributed by atoms with E-state index in [0.717, 1.165) is 11.6 Å². The largest absolute Gasteiger partial charge is 0.397 e. The zero-order chi connectivity index (χ0) is 20.1. The zero-order valence-electron chi connectivity index (χ0n) is 15.2. The number of rotatable bonds is 6. The van der Waals surface area contributed by atoms with Crippen LogP contribution in [0.15, 0.2) is 54.1 Å². The van der Waals surface area contributed by atoms with Gasteiger partial charge < -0.3 is 11.1 Å². The van der Waals surface area contributed by atoms with Gasteiger partial charge in [0.25, 0.3) is 5.91 Å². The molecule has 1 aliphatic heterocycles. The molecular formula is C21H20FN3O3. The smallest absolute Gasteiger partial charge is 0.256 e. The predicted octanol–water partition coefficient (Wildman–Crippen LogP) is 2.97. The summed E-state index contributed by atoms with van der Waals surface area (Å²) in [4.78, 5) is 37.8. The van der Waals surface area contributed by atoms with Gasteiger partial charge in [-0.1, -0.05) is 30.3 Å². The van der Waals surface area contributed by atoms with Crippen molar-refractivity contribution >= 4 is 35.2 Å². The lowest BCUT2D eigenvalue weighted by atomic mass is 10.1. The van der Waals surface area contributed by atoms with E-state index in [1.165, 1.54) is 17.0 Å². The SMILES string of the molecule is Nc1cc(F)ccc1NC(=O)CCCN1C(=O)C/C(=C\c2ccccc2)C1=O. The van der Waals surface area contributed by atoms with E-state index in [1.54, 1.807) is 6.08 Å². The van der Waals surface area contributed by atoms with Crippen LogP contribution in [-0.4, -0.2) is 29.2 Å². The molecule has 3 N–H and O–H groups in total. The van der Waals surface area contributed by atoms with Gasteiger partial charge in [-0.25, -0.2) is 4.39 Å². The molecule has 0 saturated carbocycles. The van der Waals surface area contributed by atoms with Crippen molar-refractivity contribution in [1.29, 1.82) is 0 Å². The van der Waals surface area contributed by atoms with E-state index in [-0.39, 0.29) is 42.8 Å². The molecule has 0 aliphatic carbocycles. The summed E-state index contributed by atoms with van der Waals surface area (Å²) in [6.45, 7) is 0.163. The molecule has 2 aromatic rings. The first-order valence-electron chi connectivity index (χ1n) is 8.89. The fourth-order valence-corrected chi connectivity index (χ4v) is 2.97. The summed E-state index contributed by atoms with van der Waals surface area (Å²) in [6, 6.07) is 13.0. The Morgan fingerprint density at radius 1 is 1.18 bits per heavy atom. The average molecular weight is 381 g/mol. The van der Waals surface area contributed by atoms with Crippen LogP contribution in [0.3, 0.4) is 0 Å². The van der Waals surface area contributed by atoms with E-state index in [9.17, 15) is 18.8 Å². The molecule has 7 heteroatoms. The summed E-state index contributed by atoms with van der Waals surface area (Å²) in [5, 5.41) is 2.60. The fourth-order valence-electron chi connectivity index (χ4n) is 2.97. The number of amides is 3. The van der Waals surface area contributed by atoms with Gasteiger partial charge in [-0.05, 0) is 36.3 Å². The second-order valence-electron chi connectivity index (χ2n) is 6.49. The predicted molar refractivity (Wildman–Crippen MR) is 104 cm³/mol. The number of nitrogen functional groups attached to an aromatic ring is 1. The highest BCUT2D eigenvalue weighted by atomic mass is 19.1. The summed E-state index contributed by atoms with van der Waals surface area (Å²) >= 11 is 0. The lowest BCUT2D eigenvalue weighted by molar-refractivity contribution is -0.138. The Morgan fingerprint density at radius 3 is 2.64 bits per heavy atom. The summed E-state index contributed by atoms with van der Waals surface area (Å²) in [5.74, 6) is -1.40. The van der Waals surface area contributed by atoms with Gasteiger partial charge in [-0.2, -0.15) is 0 Å². The van der Waals surface area contributed by atoms with Crippen molar-refractivity contribution in [3.05, 3.63) is 65.5 Å². The van der Waals surface area contributed by atoms with Gasteiger partial charge in [0, 0.05) is 18.5 Å². The van der Waals surface area contributed by atoms with Crippen molar-refractivity contribution in [3.63, 3.8) is 0 Å². The Hall–Kier alpha value is -3.48. The molecule has 2 aromatic carbocycles. The number of likely N-dealkylation sites (tertiary alicyclic amines) is 1. The highest BCUT2D eigenvalue weighted by Crippen LogP contribution is 2.22. The van der Waals surface area contributed by atoms with Crippen molar-refractivity contribution in [2.75, 3.05) is 17.6 Å². The molecule has 6 nitrogen and oxygen atoms in total. The summed E-state index contributed by atoms with van der Waals surface area (Å²) in [6.07, 6.45) is 2.20. The number of halogens is 1. The van der Waals surface area contributed by atoms with Crippen LogP contribution in [0.5, 0.6) is 0 Å². The number of hydrogen-bond acceptors (Lipinski definition) is 4. The Balaban J connectivity index is 1.53. The molecular weight excluding hydrogens is 361 g/mol. The van der Waals surface area contributed by atoms with Gasteiger partial charge in [0.2, 0.25) is 11.8 Å². The first-order chi connectivity index (χ1) is 13.4. The molecule has 0 spiro atoms. The Morgan fingerprint density at radius 2 is 1.93 bits per heavy atom. The lowest BCUT2D eigenvalue weighted by Gasteiger charge is -2.13. The number of benzene rings is 2. The van der Waals surface area contributed by atoms with Crippen LogP contribution in [0.25, 0.3) is 6.08 Å². The molecule has 1 fully saturated rings. The number of hydrogen-bond donors (Lipinski definition) is 2. The van der Waals surface area contributed by atoms with Crippen LogP contribution in [0, 0.1) is 5.82 Å². The maximum Gasteiger partial charge on any atom is 0.256 e. The monoisotopic (exact) mass is 381 g/mol. The molecule has 0 aromatic heterocycles. The van der Waals surface area contributed by atoms with Crippen LogP contribution in [0.2, 0.25) is 0 Å².